The maximum Gasteiger partial charge on any atom is 0.273 e. The number of hydrogen-bond donors (Lipinski definition) is 0. The Kier molecular flexibility index (Phi) is 6.35. The first-order chi connectivity index (χ1) is 21.3. The highest BCUT2D eigenvalue weighted by Gasteiger charge is 2.63. The summed E-state index contributed by atoms with van der Waals surface area (Å²) < 4.78 is 5.17. The Labute approximate surface area is 251 Å². The van der Waals surface area contributed by atoms with Gasteiger partial charge in [-0.15, -0.1) is 0 Å². The summed E-state index contributed by atoms with van der Waals surface area (Å²) in [5.41, 5.74) is 3.91. The number of carbonyl (C=O) groups excluding carboxylic acids is 4. The van der Waals surface area contributed by atoms with Crippen LogP contribution in [0.5, 0.6) is 5.75 Å². The molecule has 0 aromatic heterocycles. The minimum absolute atomic E-state index is 0.0110. The largest absolute Gasteiger partial charge is 0.497 e. The third-order valence-corrected chi connectivity index (χ3v) is 8.93. The number of hydrazine groups is 1. The van der Waals surface area contributed by atoms with Crippen molar-refractivity contribution in [3.8, 4) is 5.75 Å². The number of benzene rings is 4. The van der Waals surface area contributed by atoms with Gasteiger partial charge in [-0.25, -0.2) is 5.01 Å². The van der Waals surface area contributed by atoms with Crippen LogP contribution in [-0.2, 0) is 9.59 Å². The Bertz CT molecular complexity index is 1750. The molecule has 4 aliphatic rings. The van der Waals surface area contributed by atoms with Crippen molar-refractivity contribution in [2.45, 2.75) is 11.8 Å². The van der Waals surface area contributed by atoms with Crippen molar-refractivity contribution in [3.63, 3.8) is 0 Å². The molecule has 3 amide bonds. The Balaban J connectivity index is 1.31. The lowest BCUT2D eigenvalue weighted by atomic mass is 9.55. The maximum absolute atomic E-state index is 14.4. The number of carbonyl (C=O) groups is 4. The van der Waals surface area contributed by atoms with Crippen molar-refractivity contribution in [1.82, 2.24) is 10.0 Å². The molecular formula is C34H25N3O7. The van der Waals surface area contributed by atoms with Gasteiger partial charge in [-0.3, -0.25) is 29.3 Å². The SMILES string of the molecule is COc1ccc(C(=O)CN(C(=O)c2ccc([N+](=O)[O-])cc2)N2C(=O)[C@@H]3C4c5ccccc5C(c5ccccc54)[C@H]3C2=O)cc1. The smallest absolute Gasteiger partial charge is 0.273 e. The number of nitro groups is 1. The molecule has 218 valence electrons. The molecule has 1 heterocycles. The standard InChI is InChI=1S/C34H25N3O7/c1-44-22-16-12-19(13-17-22)27(38)18-35(32(39)20-10-14-21(15-11-20)37(42)43)36-33(40)30-28-23-6-2-3-7-24(23)29(31(30)34(36)41)26-9-5-4-8-25(26)28/h2-17,28-31H,18H2,1H3/t28?,29?,30-,31-/m1/s1. The summed E-state index contributed by atoms with van der Waals surface area (Å²) in [5, 5.41) is 13.0. The molecule has 8 rings (SSSR count). The monoisotopic (exact) mass is 587 g/mol. The zero-order chi connectivity index (χ0) is 30.7. The third-order valence-electron chi connectivity index (χ3n) is 8.93. The van der Waals surface area contributed by atoms with Gasteiger partial charge < -0.3 is 4.74 Å². The molecule has 1 fully saturated rings. The maximum atomic E-state index is 14.4. The topological polar surface area (TPSA) is 127 Å². The highest BCUT2D eigenvalue weighted by molar-refractivity contribution is 6.11. The molecule has 0 unspecified atom stereocenters. The number of rotatable bonds is 7. The summed E-state index contributed by atoms with van der Waals surface area (Å²) >= 11 is 0. The van der Waals surface area contributed by atoms with Gasteiger partial charge in [0.1, 0.15) is 12.3 Å². The lowest BCUT2D eigenvalue weighted by molar-refractivity contribution is -0.384. The second kappa shape index (κ2) is 10.3. The summed E-state index contributed by atoms with van der Waals surface area (Å²) in [7, 11) is 1.50. The van der Waals surface area contributed by atoms with E-state index in [9.17, 15) is 29.3 Å². The van der Waals surface area contributed by atoms with Gasteiger partial charge in [0.15, 0.2) is 5.78 Å². The molecule has 10 heteroatoms. The molecule has 44 heavy (non-hydrogen) atoms. The Hall–Kier alpha value is -5.64. The number of Topliss-reactive ketones (excluding diaryl/α,β-unsaturated/α-hetero) is 1. The second-order valence-corrected chi connectivity index (χ2v) is 11.1. The van der Waals surface area contributed by atoms with E-state index in [0.717, 1.165) is 44.4 Å². The van der Waals surface area contributed by atoms with Crippen molar-refractivity contribution < 1.29 is 28.8 Å². The van der Waals surface area contributed by atoms with Crippen LogP contribution in [-0.4, -0.2) is 52.1 Å². The fraction of sp³-hybridized carbons (Fsp3) is 0.176. The van der Waals surface area contributed by atoms with Gasteiger partial charge >= 0.3 is 0 Å². The first-order valence-corrected chi connectivity index (χ1v) is 14.1. The minimum Gasteiger partial charge on any atom is -0.497 e. The predicted molar refractivity (Wildman–Crippen MR) is 157 cm³/mol. The summed E-state index contributed by atoms with van der Waals surface area (Å²) in [5.74, 6) is -4.21. The summed E-state index contributed by atoms with van der Waals surface area (Å²) in [4.78, 5) is 66.9. The quantitative estimate of drug-likeness (QED) is 0.132. The van der Waals surface area contributed by atoms with Gasteiger partial charge in [-0.1, -0.05) is 48.5 Å². The molecule has 3 aliphatic carbocycles. The average molecular weight is 588 g/mol. The first-order valence-electron chi connectivity index (χ1n) is 14.1. The van der Waals surface area contributed by atoms with Crippen molar-refractivity contribution in [3.05, 3.63) is 141 Å². The molecule has 4 aromatic rings. The number of nitro benzene ring substituents is 1. The van der Waals surface area contributed by atoms with Gasteiger partial charge in [0, 0.05) is 35.1 Å². The van der Waals surface area contributed by atoms with Crippen molar-refractivity contribution in [2.75, 3.05) is 13.7 Å². The number of nitrogens with zero attached hydrogens (tertiary/aromatic N) is 3. The number of ether oxygens (including phenoxy) is 1. The van der Waals surface area contributed by atoms with E-state index < -0.39 is 58.6 Å². The van der Waals surface area contributed by atoms with Crippen molar-refractivity contribution in [1.29, 1.82) is 0 Å². The van der Waals surface area contributed by atoms with E-state index in [4.69, 9.17) is 4.74 Å². The lowest BCUT2D eigenvalue weighted by Gasteiger charge is -2.45. The van der Waals surface area contributed by atoms with E-state index in [1.54, 1.807) is 12.1 Å². The molecule has 10 nitrogen and oxygen atoms in total. The number of non-ortho nitro benzene ring substituents is 1. The molecule has 2 bridgehead atoms. The second-order valence-electron chi connectivity index (χ2n) is 11.1. The number of hydrogen-bond acceptors (Lipinski definition) is 7. The van der Waals surface area contributed by atoms with E-state index >= 15 is 0 Å². The van der Waals surface area contributed by atoms with Crippen LogP contribution in [0.1, 0.15) is 54.8 Å². The van der Waals surface area contributed by atoms with Crippen molar-refractivity contribution >= 4 is 29.2 Å². The number of amides is 3. The van der Waals surface area contributed by atoms with Crippen LogP contribution in [0.4, 0.5) is 5.69 Å². The fourth-order valence-electron chi connectivity index (χ4n) is 7.01. The molecule has 0 N–H and O–H groups in total. The van der Waals surface area contributed by atoms with Crippen LogP contribution in [0, 0.1) is 22.0 Å². The van der Waals surface area contributed by atoms with E-state index in [0.29, 0.717) is 5.75 Å². The van der Waals surface area contributed by atoms with Crippen LogP contribution in [0.15, 0.2) is 97.1 Å². The predicted octanol–water partition coefficient (Wildman–Crippen LogP) is 4.74. The Morgan fingerprint density at radius 1 is 0.750 bits per heavy atom. The van der Waals surface area contributed by atoms with Gasteiger partial charge in [0.05, 0.1) is 23.9 Å². The van der Waals surface area contributed by atoms with E-state index in [1.807, 2.05) is 48.5 Å². The number of imide groups is 1. The molecule has 0 radical (unpaired) electrons. The highest BCUT2D eigenvalue weighted by atomic mass is 16.6. The molecule has 4 aromatic carbocycles. The van der Waals surface area contributed by atoms with Crippen molar-refractivity contribution in [2.24, 2.45) is 11.8 Å². The van der Waals surface area contributed by atoms with E-state index in [-0.39, 0.29) is 16.8 Å². The van der Waals surface area contributed by atoms with Crippen LogP contribution in [0.2, 0.25) is 0 Å². The van der Waals surface area contributed by atoms with Gasteiger partial charge in [-0.2, -0.15) is 5.01 Å². The fourth-order valence-corrected chi connectivity index (χ4v) is 7.01. The lowest BCUT2D eigenvalue weighted by Crippen LogP contribution is -2.52. The van der Waals surface area contributed by atoms with Crippen LogP contribution in [0.25, 0.3) is 0 Å². The third kappa shape index (κ3) is 4.02. The normalized spacial score (nSPS) is 20.9. The van der Waals surface area contributed by atoms with E-state index in [2.05, 4.69) is 0 Å². The number of methoxy groups -OCH3 is 1. The molecule has 0 spiro atoms. The van der Waals surface area contributed by atoms with E-state index in [1.165, 1.54) is 31.4 Å². The van der Waals surface area contributed by atoms with Gasteiger partial charge in [-0.05, 0) is 58.7 Å². The van der Waals surface area contributed by atoms with Gasteiger partial charge in [0.25, 0.3) is 23.4 Å². The molecule has 2 atom stereocenters. The molecule has 1 aliphatic heterocycles. The van der Waals surface area contributed by atoms with Crippen LogP contribution in [0.3, 0.4) is 0 Å². The van der Waals surface area contributed by atoms with Gasteiger partial charge in [0.2, 0.25) is 0 Å². The zero-order valence-corrected chi connectivity index (χ0v) is 23.5. The average Bonchev–Trinajstić information content (AvgIpc) is 3.32. The highest BCUT2D eigenvalue weighted by Crippen LogP contribution is 2.61. The molecule has 1 saturated heterocycles. The number of ketones is 1. The summed E-state index contributed by atoms with van der Waals surface area (Å²) in [6.45, 7) is -0.603. The summed E-state index contributed by atoms with van der Waals surface area (Å²) in [6.07, 6.45) is 0. The Morgan fingerprint density at radius 2 is 1.20 bits per heavy atom. The summed E-state index contributed by atoms with van der Waals surface area (Å²) in [6, 6.07) is 26.7. The minimum atomic E-state index is -0.801. The molecule has 0 saturated carbocycles. The zero-order valence-electron chi connectivity index (χ0n) is 23.5. The molecular weight excluding hydrogens is 562 g/mol. The van der Waals surface area contributed by atoms with Crippen LogP contribution < -0.4 is 4.74 Å². The van der Waals surface area contributed by atoms with Crippen LogP contribution >= 0.6 is 0 Å². The Morgan fingerprint density at radius 3 is 1.64 bits per heavy atom. The first kappa shape index (κ1) is 27.2.